The zero-order valence-electron chi connectivity index (χ0n) is 10.2. The first-order chi connectivity index (χ1) is 7.95. The van der Waals surface area contributed by atoms with Crippen LogP contribution in [0.5, 0.6) is 0 Å². The number of nitrogens with two attached hydrogens (primary N) is 1. The van der Waals surface area contributed by atoms with E-state index >= 15 is 0 Å². The zero-order valence-corrected chi connectivity index (χ0v) is 11.8. The van der Waals surface area contributed by atoms with E-state index in [4.69, 9.17) is 10.5 Å². The summed E-state index contributed by atoms with van der Waals surface area (Å²) < 4.78 is 9.75. The monoisotopic (exact) mass is 275 g/mol. The van der Waals surface area contributed by atoms with E-state index in [1.165, 1.54) is 17.9 Å². The van der Waals surface area contributed by atoms with Gasteiger partial charge in [0.25, 0.3) is 0 Å². The highest BCUT2D eigenvalue weighted by atomic mass is 32.2. The Hall–Kier alpha value is -0.660. The molecule has 2 unspecified atom stereocenters. The lowest BCUT2D eigenvalue weighted by Crippen LogP contribution is -2.47. The maximum Gasteiger partial charge on any atom is 0.325 e. The number of hydrogen-bond acceptors (Lipinski definition) is 7. The molecule has 96 valence electrons. The molecule has 0 saturated heterocycles. The number of carbonyl (C=O) groups is 1. The fourth-order valence-electron chi connectivity index (χ4n) is 1.41. The molecule has 0 saturated carbocycles. The molecule has 2 N–H and O–H groups in total. The SMILES string of the molecule is CCOC(=O)C(C)(N)CC(C)Sc1ncns1. The third-order valence-electron chi connectivity index (χ3n) is 2.10. The summed E-state index contributed by atoms with van der Waals surface area (Å²) in [6.45, 7) is 5.83. The molecule has 0 amide bonds. The minimum atomic E-state index is -0.951. The standard InChI is InChI=1S/C10H17N3O2S2/c1-4-15-8(14)10(3,11)5-7(2)16-9-12-6-13-17-9/h6-7H,4-5,11H2,1-3H3. The van der Waals surface area contributed by atoms with E-state index in [0.717, 1.165) is 4.34 Å². The molecule has 17 heavy (non-hydrogen) atoms. The second kappa shape index (κ2) is 6.32. The summed E-state index contributed by atoms with van der Waals surface area (Å²) >= 11 is 2.91. The number of rotatable bonds is 6. The van der Waals surface area contributed by atoms with Crippen LogP contribution in [-0.4, -0.2) is 32.7 Å². The van der Waals surface area contributed by atoms with Crippen molar-refractivity contribution in [2.45, 2.75) is 42.3 Å². The number of thioether (sulfide) groups is 1. The van der Waals surface area contributed by atoms with Crippen LogP contribution in [0.2, 0.25) is 0 Å². The number of aromatic nitrogens is 2. The van der Waals surface area contributed by atoms with Crippen LogP contribution in [0.3, 0.4) is 0 Å². The van der Waals surface area contributed by atoms with Gasteiger partial charge in [0, 0.05) is 5.25 Å². The van der Waals surface area contributed by atoms with Gasteiger partial charge in [-0.15, -0.1) is 0 Å². The van der Waals surface area contributed by atoms with Crippen LogP contribution in [-0.2, 0) is 9.53 Å². The predicted molar refractivity (Wildman–Crippen MR) is 69.1 cm³/mol. The Morgan fingerprint density at radius 1 is 1.76 bits per heavy atom. The molecule has 0 fully saturated rings. The molecule has 0 aliphatic heterocycles. The second-order valence-electron chi connectivity index (χ2n) is 3.98. The number of ether oxygens (including phenoxy) is 1. The number of esters is 1. The molecule has 7 heteroatoms. The Kier molecular flexibility index (Phi) is 5.35. The molecule has 0 radical (unpaired) electrons. The van der Waals surface area contributed by atoms with Crippen molar-refractivity contribution in [1.29, 1.82) is 0 Å². The van der Waals surface area contributed by atoms with E-state index in [1.54, 1.807) is 25.6 Å². The Labute approximate surface area is 109 Å². The molecule has 5 nitrogen and oxygen atoms in total. The van der Waals surface area contributed by atoms with E-state index in [-0.39, 0.29) is 11.2 Å². The highest BCUT2D eigenvalue weighted by Crippen LogP contribution is 2.28. The second-order valence-corrected chi connectivity index (χ2v) is 6.44. The highest BCUT2D eigenvalue weighted by Gasteiger charge is 2.32. The van der Waals surface area contributed by atoms with E-state index in [9.17, 15) is 4.79 Å². The summed E-state index contributed by atoms with van der Waals surface area (Å²) in [5.74, 6) is -0.357. The van der Waals surface area contributed by atoms with Crippen LogP contribution in [0.4, 0.5) is 0 Å². The Morgan fingerprint density at radius 2 is 2.47 bits per heavy atom. The van der Waals surface area contributed by atoms with Gasteiger partial charge in [-0.2, -0.15) is 4.37 Å². The van der Waals surface area contributed by atoms with Crippen LogP contribution in [0.15, 0.2) is 10.7 Å². The number of hydrogen-bond donors (Lipinski definition) is 1. The smallest absolute Gasteiger partial charge is 0.325 e. The molecule has 1 aromatic heterocycles. The molecule has 0 bridgehead atoms. The molecule has 0 aliphatic rings. The van der Waals surface area contributed by atoms with Gasteiger partial charge in [0.05, 0.1) is 6.61 Å². The van der Waals surface area contributed by atoms with E-state index in [0.29, 0.717) is 13.0 Å². The van der Waals surface area contributed by atoms with E-state index < -0.39 is 5.54 Å². The summed E-state index contributed by atoms with van der Waals surface area (Å²) in [6.07, 6.45) is 2.06. The summed E-state index contributed by atoms with van der Waals surface area (Å²) in [4.78, 5) is 15.7. The summed E-state index contributed by atoms with van der Waals surface area (Å²) in [5, 5.41) is 0.183. The minimum absolute atomic E-state index is 0.183. The quantitative estimate of drug-likeness (QED) is 0.629. The van der Waals surface area contributed by atoms with Gasteiger partial charge >= 0.3 is 5.97 Å². The molecule has 1 heterocycles. The molecule has 0 aromatic carbocycles. The highest BCUT2D eigenvalue weighted by molar-refractivity contribution is 8.01. The van der Waals surface area contributed by atoms with Gasteiger partial charge in [-0.3, -0.25) is 4.79 Å². The Morgan fingerprint density at radius 3 is 3.00 bits per heavy atom. The first-order valence-corrected chi connectivity index (χ1v) is 7.00. The molecular formula is C10H17N3O2S2. The van der Waals surface area contributed by atoms with Crippen molar-refractivity contribution < 1.29 is 9.53 Å². The molecule has 2 atom stereocenters. The lowest BCUT2D eigenvalue weighted by molar-refractivity contribution is -0.149. The fourth-order valence-corrected chi connectivity index (χ4v) is 3.36. The van der Waals surface area contributed by atoms with Gasteiger partial charge in [0.15, 0.2) is 4.34 Å². The number of nitrogens with zero attached hydrogens (tertiary/aromatic N) is 2. The van der Waals surface area contributed by atoms with Gasteiger partial charge < -0.3 is 10.5 Å². The lowest BCUT2D eigenvalue weighted by Gasteiger charge is -2.24. The van der Waals surface area contributed by atoms with Crippen molar-refractivity contribution >= 4 is 29.3 Å². The first kappa shape index (κ1) is 14.4. The molecule has 0 spiro atoms. The molecule has 1 rings (SSSR count). The average Bonchev–Trinajstić information content (AvgIpc) is 2.69. The molecule has 0 aliphatic carbocycles. The predicted octanol–water partition coefficient (Wildman–Crippen LogP) is 1.69. The minimum Gasteiger partial charge on any atom is -0.465 e. The summed E-state index contributed by atoms with van der Waals surface area (Å²) in [5.41, 5.74) is 5.00. The normalized spacial score (nSPS) is 16.2. The van der Waals surface area contributed by atoms with E-state index in [2.05, 4.69) is 9.36 Å². The van der Waals surface area contributed by atoms with Crippen molar-refractivity contribution in [1.82, 2.24) is 9.36 Å². The van der Waals surface area contributed by atoms with Crippen molar-refractivity contribution in [2.75, 3.05) is 6.61 Å². The van der Waals surface area contributed by atoms with Gasteiger partial charge in [0.2, 0.25) is 0 Å². The van der Waals surface area contributed by atoms with Gasteiger partial charge in [-0.25, -0.2) is 4.98 Å². The zero-order chi connectivity index (χ0) is 12.9. The van der Waals surface area contributed by atoms with Crippen LogP contribution in [0, 0.1) is 0 Å². The third kappa shape index (κ3) is 4.61. The molecular weight excluding hydrogens is 258 g/mol. The average molecular weight is 275 g/mol. The topological polar surface area (TPSA) is 78.1 Å². The van der Waals surface area contributed by atoms with Gasteiger partial charge in [-0.1, -0.05) is 18.7 Å². The Balaban J connectivity index is 2.49. The van der Waals surface area contributed by atoms with Crippen molar-refractivity contribution in [3.63, 3.8) is 0 Å². The lowest BCUT2D eigenvalue weighted by atomic mass is 9.98. The summed E-state index contributed by atoms with van der Waals surface area (Å²) in [6, 6.07) is 0. The molecule has 1 aromatic rings. The van der Waals surface area contributed by atoms with Gasteiger partial charge in [-0.05, 0) is 31.8 Å². The third-order valence-corrected chi connectivity index (χ3v) is 3.95. The maximum absolute atomic E-state index is 11.6. The van der Waals surface area contributed by atoms with Crippen LogP contribution in [0.25, 0.3) is 0 Å². The fraction of sp³-hybridized carbons (Fsp3) is 0.700. The van der Waals surface area contributed by atoms with Crippen LogP contribution < -0.4 is 5.73 Å². The van der Waals surface area contributed by atoms with Crippen LogP contribution >= 0.6 is 23.3 Å². The van der Waals surface area contributed by atoms with Crippen molar-refractivity contribution in [3.8, 4) is 0 Å². The van der Waals surface area contributed by atoms with E-state index in [1.807, 2.05) is 6.92 Å². The maximum atomic E-state index is 11.6. The van der Waals surface area contributed by atoms with Crippen molar-refractivity contribution in [3.05, 3.63) is 6.33 Å². The Bertz CT molecular complexity index is 354. The van der Waals surface area contributed by atoms with Gasteiger partial charge in [0.1, 0.15) is 11.9 Å². The largest absolute Gasteiger partial charge is 0.465 e. The summed E-state index contributed by atoms with van der Waals surface area (Å²) in [7, 11) is 0. The first-order valence-electron chi connectivity index (χ1n) is 5.35. The van der Waals surface area contributed by atoms with Crippen molar-refractivity contribution in [2.24, 2.45) is 5.73 Å². The van der Waals surface area contributed by atoms with Crippen LogP contribution in [0.1, 0.15) is 27.2 Å². The number of carbonyl (C=O) groups excluding carboxylic acids is 1.